The van der Waals surface area contributed by atoms with E-state index in [0.29, 0.717) is 11.4 Å². The van der Waals surface area contributed by atoms with Crippen LogP contribution in [0.3, 0.4) is 0 Å². The summed E-state index contributed by atoms with van der Waals surface area (Å²) in [6, 6.07) is 28.4. The van der Waals surface area contributed by atoms with Crippen molar-refractivity contribution in [1.29, 1.82) is 0 Å². The number of hydrogen-bond acceptors (Lipinski definition) is 10. The summed E-state index contributed by atoms with van der Waals surface area (Å²) in [5.74, 6) is -0.543. The maximum Gasteiger partial charge on any atom is 0.295 e. The first-order valence-electron chi connectivity index (χ1n) is 14.0. The maximum atomic E-state index is 11.9. The summed E-state index contributed by atoms with van der Waals surface area (Å²) in [5.41, 5.74) is 2.30. The van der Waals surface area contributed by atoms with Crippen LogP contribution in [-0.4, -0.2) is 36.2 Å². The second-order valence-electron chi connectivity index (χ2n) is 10.4. The Morgan fingerprint density at radius 3 is 1.12 bits per heavy atom. The van der Waals surface area contributed by atoms with Gasteiger partial charge in [-0.25, -0.2) is 0 Å². The van der Waals surface area contributed by atoms with Crippen molar-refractivity contribution in [1.82, 2.24) is 0 Å². The van der Waals surface area contributed by atoms with Crippen molar-refractivity contribution in [2.75, 3.05) is 0 Å². The van der Waals surface area contributed by atoms with Gasteiger partial charge in [-0.2, -0.15) is 27.1 Å². The number of hydrogen-bond donors (Lipinski definition) is 4. The third-order valence-corrected chi connectivity index (χ3v) is 9.06. The van der Waals surface area contributed by atoms with E-state index in [0.717, 1.165) is 23.3 Å². The highest BCUT2D eigenvalue weighted by atomic mass is 32.2. The van der Waals surface area contributed by atoms with Crippen molar-refractivity contribution in [2.24, 2.45) is 20.5 Å². The molecule has 0 bridgehead atoms. The molecule has 0 saturated heterocycles. The molecule has 0 amide bonds. The predicted molar refractivity (Wildman–Crippen MR) is 181 cm³/mol. The number of nitrogens with zero attached hydrogens (tertiary/aromatic N) is 4. The number of rotatable bonds is 8. The van der Waals surface area contributed by atoms with E-state index < -0.39 is 20.2 Å². The molecule has 240 valence electrons. The lowest BCUT2D eigenvalue weighted by atomic mass is 10.1. The van der Waals surface area contributed by atoms with E-state index in [1.807, 2.05) is 12.2 Å². The van der Waals surface area contributed by atoms with Crippen LogP contribution in [0.15, 0.2) is 139 Å². The Labute approximate surface area is 274 Å². The number of phenols is 2. The minimum Gasteiger partial charge on any atom is -0.505 e. The molecule has 12 nitrogen and oxygen atoms in total. The number of benzene rings is 6. The Kier molecular flexibility index (Phi) is 8.56. The van der Waals surface area contributed by atoms with E-state index in [1.54, 1.807) is 72.8 Å². The zero-order chi connectivity index (χ0) is 34.1. The normalized spacial score (nSPS) is 12.6. The molecule has 0 atom stereocenters. The summed E-state index contributed by atoms with van der Waals surface area (Å²) in [6.07, 6.45) is 3.71. The van der Waals surface area contributed by atoms with Crippen LogP contribution in [-0.2, 0) is 20.2 Å². The van der Waals surface area contributed by atoms with Crippen LogP contribution in [0, 0.1) is 0 Å². The van der Waals surface area contributed by atoms with E-state index in [2.05, 4.69) is 20.5 Å². The molecule has 6 rings (SSSR count). The first kappa shape index (κ1) is 32.2. The molecule has 0 aliphatic carbocycles. The molecule has 4 N–H and O–H groups in total. The topological polar surface area (TPSA) is 199 Å². The molecule has 6 aromatic carbocycles. The second kappa shape index (κ2) is 12.8. The molecule has 14 heteroatoms. The monoisotopic (exact) mass is 680 g/mol. The summed E-state index contributed by atoms with van der Waals surface area (Å²) < 4.78 is 67.0. The van der Waals surface area contributed by atoms with Crippen LogP contribution in [0.2, 0.25) is 0 Å². The van der Waals surface area contributed by atoms with Crippen molar-refractivity contribution in [3.05, 3.63) is 120 Å². The summed E-state index contributed by atoms with van der Waals surface area (Å²) in [5, 5.41) is 38.2. The van der Waals surface area contributed by atoms with Gasteiger partial charge in [0.2, 0.25) is 0 Å². The molecular weight excluding hydrogens is 657 g/mol. The molecule has 6 aromatic rings. The van der Waals surface area contributed by atoms with Gasteiger partial charge in [0.25, 0.3) is 20.2 Å². The Morgan fingerprint density at radius 1 is 0.458 bits per heavy atom. The van der Waals surface area contributed by atoms with Crippen LogP contribution in [0.5, 0.6) is 11.5 Å². The molecule has 0 saturated carbocycles. The lowest BCUT2D eigenvalue weighted by Gasteiger charge is -2.08. The molecule has 0 aliphatic rings. The molecule has 0 unspecified atom stereocenters. The van der Waals surface area contributed by atoms with E-state index in [1.165, 1.54) is 24.3 Å². The van der Waals surface area contributed by atoms with Crippen LogP contribution in [0.1, 0.15) is 11.1 Å². The minimum atomic E-state index is -4.58. The fourth-order valence-corrected chi connectivity index (χ4v) is 6.36. The smallest absolute Gasteiger partial charge is 0.295 e. The molecule has 0 heterocycles. The largest absolute Gasteiger partial charge is 0.505 e. The Morgan fingerprint density at radius 2 is 0.792 bits per heavy atom. The van der Waals surface area contributed by atoms with Crippen molar-refractivity contribution in [3.8, 4) is 11.5 Å². The fourth-order valence-electron chi connectivity index (χ4n) is 4.92. The molecule has 0 spiro atoms. The Bertz CT molecular complexity index is 2340. The lowest BCUT2D eigenvalue weighted by Crippen LogP contribution is -1.99. The Balaban J connectivity index is 1.16. The molecule has 0 fully saturated rings. The third-order valence-electron chi connectivity index (χ3n) is 7.27. The summed E-state index contributed by atoms with van der Waals surface area (Å²) in [7, 11) is -9.17. The van der Waals surface area contributed by atoms with Crippen molar-refractivity contribution >= 4 is 76.7 Å². The van der Waals surface area contributed by atoms with Gasteiger partial charge in [0, 0.05) is 21.5 Å². The van der Waals surface area contributed by atoms with Gasteiger partial charge in [-0.15, -0.1) is 10.2 Å². The quantitative estimate of drug-likeness (QED) is 0.0693. The summed E-state index contributed by atoms with van der Waals surface area (Å²) in [4.78, 5) is -0.778. The average Bonchev–Trinajstić information content (AvgIpc) is 3.07. The van der Waals surface area contributed by atoms with Crippen molar-refractivity contribution < 1.29 is 36.2 Å². The van der Waals surface area contributed by atoms with Gasteiger partial charge < -0.3 is 10.2 Å². The van der Waals surface area contributed by atoms with Crippen molar-refractivity contribution in [3.63, 3.8) is 0 Å². The second-order valence-corrected chi connectivity index (χ2v) is 13.2. The highest BCUT2D eigenvalue weighted by Crippen LogP contribution is 2.41. The van der Waals surface area contributed by atoms with Crippen LogP contribution >= 0.6 is 0 Å². The molecule has 0 aromatic heterocycles. The standard InChI is InChI=1S/C34H24N4O8S2/c39-33-27-7-3-1-5-25(27)31(47(41,42)43)19-29(33)37-35-23-15-11-21(12-16-23)9-10-22-13-17-24(18-14-22)36-38-30-20-32(48(44,45)46)26-6-2-4-8-28(26)34(30)40/h1-20,39-40H,(H,41,42,43)(H,44,45,46)/b10-9-,37-35?,38-36?. The zero-order valence-corrected chi connectivity index (χ0v) is 26.2. The van der Waals surface area contributed by atoms with E-state index in [9.17, 15) is 36.2 Å². The number of phenolic OH excluding ortho intramolecular Hbond substituents is 2. The van der Waals surface area contributed by atoms with Gasteiger partial charge in [0.1, 0.15) is 21.2 Å². The third kappa shape index (κ3) is 6.82. The SMILES string of the molecule is O=S(=O)(O)c1cc(N=Nc2ccc(/C=C\c3ccc(N=Nc4cc(S(=O)(=O)O)c5ccccc5c4O)cc3)cc2)c(O)c2ccccc12. The first-order valence-corrected chi connectivity index (χ1v) is 16.9. The van der Waals surface area contributed by atoms with Crippen LogP contribution < -0.4 is 0 Å². The molecule has 0 radical (unpaired) electrons. The van der Waals surface area contributed by atoms with Gasteiger partial charge in [0.05, 0.1) is 11.4 Å². The summed E-state index contributed by atoms with van der Waals surface area (Å²) in [6.45, 7) is 0. The lowest BCUT2D eigenvalue weighted by molar-refractivity contribution is 0.477. The predicted octanol–water partition coefficient (Wildman–Crippen LogP) is 8.90. The highest BCUT2D eigenvalue weighted by molar-refractivity contribution is 7.86. The molecule has 48 heavy (non-hydrogen) atoms. The summed E-state index contributed by atoms with van der Waals surface area (Å²) >= 11 is 0. The van der Waals surface area contributed by atoms with Crippen LogP contribution in [0.25, 0.3) is 33.7 Å². The number of fused-ring (bicyclic) bond motifs is 2. The minimum absolute atomic E-state index is 0.120. The van der Waals surface area contributed by atoms with Gasteiger partial charge in [-0.1, -0.05) is 84.9 Å². The number of azo groups is 2. The Hall–Kier alpha value is -5.80. The molecular formula is C34H24N4O8S2. The van der Waals surface area contributed by atoms with E-state index in [-0.39, 0.29) is 54.2 Å². The van der Waals surface area contributed by atoms with Crippen molar-refractivity contribution in [2.45, 2.75) is 9.79 Å². The van der Waals surface area contributed by atoms with E-state index in [4.69, 9.17) is 0 Å². The van der Waals surface area contributed by atoms with Gasteiger partial charge in [-0.3, -0.25) is 9.11 Å². The van der Waals surface area contributed by atoms with Crippen LogP contribution in [0.4, 0.5) is 22.7 Å². The first-order chi connectivity index (χ1) is 22.9. The van der Waals surface area contributed by atoms with Gasteiger partial charge in [-0.05, 0) is 47.5 Å². The van der Waals surface area contributed by atoms with Gasteiger partial charge >= 0.3 is 0 Å². The molecule has 0 aliphatic heterocycles. The van der Waals surface area contributed by atoms with E-state index >= 15 is 0 Å². The fraction of sp³-hybridized carbons (Fsp3) is 0. The number of aromatic hydroxyl groups is 2. The average molecular weight is 681 g/mol. The van der Waals surface area contributed by atoms with Gasteiger partial charge in [0.15, 0.2) is 11.5 Å². The zero-order valence-electron chi connectivity index (χ0n) is 24.6. The maximum absolute atomic E-state index is 11.9. The highest BCUT2D eigenvalue weighted by Gasteiger charge is 2.20.